The van der Waals surface area contributed by atoms with Gasteiger partial charge in [-0.2, -0.15) is 0 Å². The largest absolute Gasteiger partial charge is 0.331 e. The Morgan fingerprint density at radius 2 is 1.86 bits per heavy atom. The van der Waals surface area contributed by atoms with E-state index in [2.05, 4.69) is 12.2 Å². The van der Waals surface area contributed by atoms with Crippen molar-refractivity contribution in [3.8, 4) is 0 Å². The maximum absolute atomic E-state index is 12.3. The van der Waals surface area contributed by atoms with Gasteiger partial charge in [0.05, 0.1) is 0 Å². The molecule has 0 bridgehead atoms. The highest BCUT2D eigenvalue weighted by molar-refractivity contribution is 5.95. The predicted molar refractivity (Wildman–Crippen MR) is 88.7 cm³/mol. The van der Waals surface area contributed by atoms with Crippen LogP contribution in [0.15, 0.2) is 24.3 Å². The van der Waals surface area contributed by atoms with Crippen molar-refractivity contribution in [2.45, 2.75) is 58.4 Å². The first-order valence-corrected chi connectivity index (χ1v) is 8.26. The Morgan fingerprint density at radius 3 is 2.50 bits per heavy atom. The van der Waals surface area contributed by atoms with Crippen molar-refractivity contribution in [2.75, 3.05) is 11.9 Å². The lowest BCUT2D eigenvalue weighted by Crippen LogP contribution is -2.44. The van der Waals surface area contributed by atoms with Crippen molar-refractivity contribution in [3.63, 3.8) is 0 Å². The number of hydrogen-bond acceptors (Lipinski definition) is 2. The lowest BCUT2D eigenvalue weighted by Gasteiger charge is -2.33. The molecule has 1 aliphatic rings. The summed E-state index contributed by atoms with van der Waals surface area (Å²) in [6.45, 7) is 3.77. The number of nitrogens with zero attached hydrogens (tertiary/aromatic N) is 1. The molecule has 0 atom stereocenters. The Kier molecular flexibility index (Phi) is 5.99. The number of hydrogen-bond donors (Lipinski definition) is 1. The van der Waals surface area contributed by atoms with Gasteiger partial charge in [0.25, 0.3) is 0 Å². The monoisotopic (exact) mass is 302 g/mol. The van der Waals surface area contributed by atoms with Gasteiger partial charge in [0.15, 0.2) is 0 Å². The van der Waals surface area contributed by atoms with Gasteiger partial charge in [-0.25, -0.2) is 0 Å². The average Bonchev–Trinajstić information content (AvgIpc) is 2.53. The number of aryl methyl sites for hydroxylation is 1. The van der Waals surface area contributed by atoms with Gasteiger partial charge < -0.3 is 10.2 Å². The molecule has 1 fully saturated rings. The first-order valence-electron chi connectivity index (χ1n) is 8.26. The number of nitrogens with one attached hydrogen (secondary N) is 1. The van der Waals surface area contributed by atoms with Crippen molar-refractivity contribution in [3.05, 3.63) is 29.8 Å². The van der Waals surface area contributed by atoms with Gasteiger partial charge in [0, 0.05) is 18.7 Å². The number of rotatable bonds is 5. The molecule has 22 heavy (non-hydrogen) atoms. The van der Waals surface area contributed by atoms with E-state index in [-0.39, 0.29) is 24.4 Å². The van der Waals surface area contributed by atoms with Crippen LogP contribution in [0.5, 0.6) is 0 Å². The summed E-state index contributed by atoms with van der Waals surface area (Å²) in [4.78, 5) is 26.0. The molecule has 0 aromatic heterocycles. The molecule has 2 rings (SSSR count). The van der Waals surface area contributed by atoms with Gasteiger partial charge in [0.2, 0.25) is 11.8 Å². The van der Waals surface area contributed by atoms with E-state index < -0.39 is 0 Å². The summed E-state index contributed by atoms with van der Waals surface area (Å²) in [7, 11) is 0. The predicted octanol–water partition coefficient (Wildman–Crippen LogP) is 3.37. The van der Waals surface area contributed by atoms with Gasteiger partial charge in [-0.3, -0.25) is 9.59 Å². The van der Waals surface area contributed by atoms with Crippen molar-refractivity contribution >= 4 is 17.5 Å². The van der Waals surface area contributed by atoms with Crippen LogP contribution < -0.4 is 5.32 Å². The van der Waals surface area contributed by atoms with E-state index in [1.165, 1.54) is 6.42 Å². The highest BCUT2D eigenvalue weighted by Crippen LogP contribution is 2.23. The Balaban J connectivity index is 2.00. The van der Waals surface area contributed by atoms with Crippen molar-refractivity contribution in [1.29, 1.82) is 0 Å². The van der Waals surface area contributed by atoms with E-state index in [0.717, 1.165) is 43.4 Å². The average molecular weight is 302 g/mol. The molecule has 0 radical (unpaired) electrons. The minimum Gasteiger partial charge on any atom is -0.331 e. The molecule has 1 aromatic carbocycles. The Hall–Kier alpha value is -1.84. The van der Waals surface area contributed by atoms with Crippen LogP contribution in [-0.4, -0.2) is 29.3 Å². The third kappa shape index (κ3) is 4.33. The fourth-order valence-electron chi connectivity index (χ4n) is 3.19. The SMILES string of the molecule is CCc1ccccc1NC(=O)CN(C(C)=O)C1CCCCC1. The standard InChI is InChI=1S/C18H26N2O2/c1-3-15-9-7-8-12-17(15)19-18(22)13-20(14(2)21)16-10-5-4-6-11-16/h7-9,12,16H,3-6,10-11,13H2,1-2H3,(H,19,22). The maximum atomic E-state index is 12.3. The topological polar surface area (TPSA) is 49.4 Å². The van der Waals surface area contributed by atoms with E-state index in [4.69, 9.17) is 0 Å². The summed E-state index contributed by atoms with van der Waals surface area (Å²) in [6.07, 6.45) is 6.42. The van der Waals surface area contributed by atoms with Crippen LogP contribution in [0.4, 0.5) is 5.69 Å². The summed E-state index contributed by atoms with van der Waals surface area (Å²) in [5.74, 6) is -0.118. The summed E-state index contributed by atoms with van der Waals surface area (Å²) < 4.78 is 0. The molecular formula is C18H26N2O2. The molecule has 0 spiro atoms. The molecule has 0 saturated heterocycles. The van der Waals surface area contributed by atoms with Crippen molar-refractivity contribution < 1.29 is 9.59 Å². The van der Waals surface area contributed by atoms with Crippen LogP contribution in [0.2, 0.25) is 0 Å². The smallest absolute Gasteiger partial charge is 0.244 e. The normalized spacial score (nSPS) is 15.4. The lowest BCUT2D eigenvalue weighted by atomic mass is 9.94. The second-order valence-corrected chi connectivity index (χ2v) is 6.00. The lowest BCUT2D eigenvalue weighted by molar-refractivity contribution is -0.135. The van der Waals surface area contributed by atoms with E-state index in [9.17, 15) is 9.59 Å². The zero-order chi connectivity index (χ0) is 15.9. The molecule has 0 heterocycles. The number of amides is 2. The molecule has 2 amide bonds. The zero-order valence-electron chi connectivity index (χ0n) is 13.6. The second-order valence-electron chi connectivity index (χ2n) is 6.00. The number of anilines is 1. The van der Waals surface area contributed by atoms with Gasteiger partial charge >= 0.3 is 0 Å². The van der Waals surface area contributed by atoms with E-state index in [1.54, 1.807) is 11.8 Å². The molecule has 1 aromatic rings. The minimum absolute atomic E-state index is 0.00849. The highest BCUT2D eigenvalue weighted by Gasteiger charge is 2.25. The molecule has 120 valence electrons. The summed E-state index contributed by atoms with van der Waals surface area (Å²) in [5.41, 5.74) is 1.96. The number of para-hydroxylation sites is 1. The fourth-order valence-corrected chi connectivity index (χ4v) is 3.19. The first kappa shape index (κ1) is 16.5. The van der Waals surface area contributed by atoms with E-state index in [0.29, 0.717) is 0 Å². The molecule has 0 unspecified atom stereocenters. The quantitative estimate of drug-likeness (QED) is 0.906. The number of carbonyl (C=O) groups is 2. The van der Waals surface area contributed by atoms with Crippen LogP contribution in [0.3, 0.4) is 0 Å². The van der Waals surface area contributed by atoms with E-state index >= 15 is 0 Å². The van der Waals surface area contributed by atoms with Crippen molar-refractivity contribution in [1.82, 2.24) is 4.90 Å². The summed E-state index contributed by atoms with van der Waals surface area (Å²) in [5, 5.41) is 2.95. The van der Waals surface area contributed by atoms with Crippen LogP contribution in [0.1, 0.15) is 51.5 Å². The van der Waals surface area contributed by atoms with Gasteiger partial charge in [-0.1, -0.05) is 44.4 Å². The van der Waals surface area contributed by atoms with Crippen molar-refractivity contribution in [2.24, 2.45) is 0 Å². The minimum atomic E-state index is -0.110. The Labute approximate surface area is 132 Å². The van der Waals surface area contributed by atoms with Crippen LogP contribution in [0.25, 0.3) is 0 Å². The van der Waals surface area contributed by atoms with Gasteiger partial charge in [-0.05, 0) is 30.9 Å². The molecule has 1 saturated carbocycles. The fraction of sp³-hybridized carbons (Fsp3) is 0.556. The number of carbonyl (C=O) groups excluding carboxylic acids is 2. The third-order valence-corrected chi connectivity index (χ3v) is 4.41. The molecule has 1 N–H and O–H groups in total. The van der Waals surface area contributed by atoms with Crippen LogP contribution in [-0.2, 0) is 16.0 Å². The van der Waals surface area contributed by atoms with Crippen LogP contribution >= 0.6 is 0 Å². The molecule has 1 aliphatic carbocycles. The summed E-state index contributed by atoms with van der Waals surface area (Å²) in [6, 6.07) is 8.03. The highest BCUT2D eigenvalue weighted by atomic mass is 16.2. The van der Waals surface area contributed by atoms with Gasteiger partial charge in [-0.15, -0.1) is 0 Å². The van der Waals surface area contributed by atoms with Gasteiger partial charge in [0.1, 0.15) is 6.54 Å². The second kappa shape index (κ2) is 7.97. The summed E-state index contributed by atoms with van der Waals surface area (Å²) >= 11 is 0. The molecule has 4 nitrogen and oxygen atoms in total. The first-order chi connectivity index (χ1) is 10.6. The molecule has 0 aliphatic heterocycles. The molecule has 4 heteroatoms. The Bertz CT molecular complexity index is 522. The Morgan fingerprint density at radius 1 is 1.18 bits per heavy atom. The zero-order valence-corrected chi connectivity index (χ0v) is 13.6. The molecular weight excluding hydrogens is 276 g/mol. The number of benzene rings is 1. The third-order valence-electron chi connectivity index (χ3n) is 4.41. The van der Waals surface area contributed by atoms with Crippen LogP contribution in [0, 0.1) is 0 Å². The maximum Gasteiger partial charge on any atom is 0.244 e. The van der Waals surface area contributed by atoms with E-state index in [1.807, 2.05) is 24.3 Å².